The minimum atomic E-state index is 0.572. The molecule has 20 heavy (non-hydrogen) atoms. The fourth-order valence-corrected chi connectivity index (χ4v) is 3.16. The lowest BCUT2D eigenvalue weighted by atomic mass is 10.3. The quantitative estimate of drug-likeness (QED) is 0.398. The van der Waals surface area contributed by atoms with Crippen LogP contribution in [0.2, 0.25) is 0 Å². The second kappa shape index (κ2) is 3.48. The molecule has 0 unspecified atom stereocenters. The number of benzene rings is 1. The fraction of sp³-hybridized carbons (Fsp3) is 0. The SMILES string of the molecule is c1ccc2nc3c(nc2c1)Sc1ncnc2nnn-3c12. The molecule has 4 heterocycles. The summed E-state index contributed by atoms with van der Waals surface area (Å²) in [7, 11) is 0. The zero-order valence-corrected chi connectivity index (χ0v) is 10.7. The van der Waals surface area contributed by atoms with Gasteiger partial charge in [0.2, 0.25) is 5.65 Å². The van der Waals surface area contributed by atoms with Gasteiger partial charge in [0.1, 0.15) is 21.9 Å². The third kappa shape index (κ3) is 1.21. The largest absolute Gasteiger partial charge is 0.235 e. The molecular weight excluding hydrogens is 274 g/mol. The molecule has 0 aliphatic carbocycles. The molecule has 0 saturated carbocycles. The summed E-state index contributed by atoms with van der Waals surface area (Å²) in [5, 5.41) is 9.75. The molecule has 0 spiro atoms. The van der Waals surface area contributed by atoms with E-state index in [-0.39, 0.29) is 0 Å². The van der Waals surface area contributed by atoms with Crippen molar-refractivity contribution < 1.29 is 0 Å². The normalized spacial score (nSPS) is 12.8. The van der Waals surface area contributed by atoms with Crippen LogP contribution in [0.5, 0.6) is 0 Å². The Bertz CT molecular complexity index is 994. The summed E-state index contributed by atoms with van der Waals surface area (Å²) >= 11 is 1.47. The van der Waals surface area contributed by atoms with Crippen molar-refractivity contribution in [3.63, 3.8) is 0 Å². The molecule has 0 amide bonds. The Kier molecular flexibility index (Phi) is 1.78. The summed E-state index contributed by atoms with van der Waals surface area (Å²) in [4.78, 5) is 17.7. The molecule has 0 fully saturated rings. The Morgan fingerprint density at radius 3 is 2.70 bits per heavy atom. The Morgan fingerprint density at radius 2 is 1.80 bits per heavy atom. The summed E-state index contributed by atoms with van der Waals surface area (Å²) < 4.78 is 1.66. The topological polar surface area (TPSA) is 82.3 Å². The Labute approximate surface area is 116 Å². The standard InChI is InChI=1S/C12H5N7S/c1-2-4-7-6(3-1)15-10-12(16-7)20-11-8-9(13-5-14-11)17-18-19(8)10/h1-5H. The summed E-state index contributed by atoms with van der Waals surface area (Å²) in [6.07, 6.45) is 1.49. The average Bonchev–Trinajstić information content (AvgIpc) is 2.92. The van der Waals surface area contributed by atoms with E-state index >= 15 is 0 Å². The molecule has 0 bridgehead atoms. The van der Waals surface area contributed by atoms with Crippen LogP contribution in [0.25, 0.3) is 28.0 Å². The summed E-state index contributed by atoms with van der Waals surface area (Å²) in [5.74, 6) is 0.679. The maximum atomic E-state index is 4.63. The van der Waals surface area contributed by atoms with Gasteiger partial charge >= 0.3 is 0 Å². The second-order valence-electron chi connectivity index (χ2n) is 4.30. The molecule has 7 nitrogen and oxygen atoms in total. The van der Waals surface area contributed by atoms with Gasteiger partial charge in [-0.3, -0.25) is 0 Å². The molecular formula is C12H5N7S. The lowest BCUT2D eigenvalue weighted by Gasteiger charge is -2.14. The first-order valence-electron chi connectivity index (χ1n) is 5.91. The third-order valence-corrected chi connectivity index (χ3v) is 4.08. The van der Waals surface area contributed by atoms with Crippen LogP contribution in [0.3, 0.4) is 0 Å². The van der Waals surface area contributed by atoms with E-state index in [2.05, 4.69) is 30.2 Å². The van der Waals surface area contributed by atoms with Crippen LogP contribution in [0.1, 0.15) is 0 Å². The van der Waals surface area contributed by atoms with Crippen molar-refractivity contribution in [2.24, 2.45) is 0 Å². The van der Waals surface area contributed by atoms with E-state index < -0.39 is 0 Å². The van der Waals surface area contributed by atoms with E-state index in [0.29, 0.717) is 11.5 Å². The van der Waals surface area contributed by atoms with E-state index in [9.17, 15) is 0 Å². The van der Waals surface area contributed by atoms with Gasteiger partial charge in [0.15, 0.2) is 5.82 Å². The molecule has 0 atom stereocenters. The maximum Gasteiger partial charge on any atom is 0.206 e. The van der Waals surface area contributed by atoms with Crippen LogP contribution >= 0.6 is 11.8 Å². The predicted octanol–water partition coefficient (Wildman–Crippen LogP) is 1.62. The number of rotatable bonds is 0. The van der Waals surface area contributed by atoms with Crippen LogP contribution in [-0.2, 0) is 0 Å². The lowest BCUT2D eigenvalue weighted by molar-refractivity contribution is 0.767. The van der Waals surface area contributed by atoms with Crippen LogP contribution in [0, 0.1) is 0 Å². The van der Waals surface area contributed by atoms with Crippen LogP contribution in [-0.4, -0.2) is 34.9 Å². The van der Waals surface area contributed by atoms with E-state index in [1.54, 1.807) is 4.68 Å². The molecule has 1 aromatic carbocycles. The Morgan fingerprint density at radius 1 is 0.950 bits per heavy atom. The highest BCUT2D eigenvalue weighted by Gasteiger charge is 2.25. The number of nitrogens with zero attached hydrogens (tertiary/aromatic N) is 7. The zero-order chi connectivity index (χ0) is 13.1. The maximum absolute atomic E-state index is 4.63. The number of aromatic nitrogens is 7. The van der Waals surface area contributed by atoms with Crippen molar-refractivity contribution in [2.45, 2.75) is 10.1 Å². The Balaban J connectivity index is 1.94. The minimum absolute atomic E-state index is 0.572. The average molecular weight is 279 g/mol. The molecule has 1 aliphatic heterocycles. The van der Waals surface area contributed by atoms with E-state index in [1.165, 1.54) is 18.1 Å². The van der Waals surface area contributed by atoms with E-state index in [1.807, 2.05) is 24.3 Å². The molecule has 4 aromatic rings. The second-order valence-corrected chi connectivity index (χ2v) is 5.27. The first-order chi connectivity index (χ1) is 9.90. The fourth-order valence-electron chi connectivity index (χ4n) is 2.24. The highest BCUT2D eigenvalue weighted by atomic mass is 32.2. The van der Waals surface area contributed by atoms with Gasteiger partial charge in [-0.05, 0) is 23.9 Å². The van der Waals surface area contributed by atoms with Gasteiger partial charge in [-0.1, -0.05) is 17.3 Å². The first-order valence-corrected chi connectivity index (χ1v) is 6.73. The summed E-state index contributed by atoms with van der Waals surface area (Å²) in [6.45, 7) is 0. The van der Waals surface area contributed by atoms with Crippen molar-refractivity contribution in [3.05, 3.63) is 30.6 Å². The van der Waals surface area contributed by atoms with E-state index in [0.717, 1.165) is 26.6 Å². The molecule has 3 aromatic heterocycles. The van der Waals surface area contributed by atoms with Gasteiger partial charge in [-0.2, -0.15) is 4.68 Å². The van der Waals surface area contributed by atoms with Crippen LogP contribution < -0.4 is 0 Å². The highest BCUT2D eigenvalue weighted by Crippen LogP contribution is 2.38. The minimum Gasteiger partial charge on any atom is -0.235 e. The molecule has 1 aliphatic rings. The number of hydrogen-bond donors (Lipinski definition) is 0. The molecule has 8 heteroatoms. The van der Waals surface area contributed by atoms with Gasteiger partial charge in [0.05, 0.1) is 11.0 Å². The lowest BCUT2D eigenvalue weighted by Crippen LogP contribution is -2.09. The zero-order valence-electron chi connectivity index (χ0n) is 9.93. The van der Waals surface area contributed by atoms with Crippen molar-refractivity contribution in [1.29, 1.82) is 0 Å². The smallest absolute Gasteiger partial charge is 0.206 e. The Hall–Kier alpha value is -2.61. The number of hydrogen-bond acceptors (Lipinski definition) is 7. The van der Waals surface area contributed by atoms with Gasteiger partial charge < -0.3 is 0 Å². The predicted molar refractivity (Wildman–Crippen MR) is 71.7 cm³/mol. The van der Waals surface area contributed by atoms with Crippen molar-refractivity contribution in [2.75, 3.05) is 0 Å². The molecule has 5 rings (SSSR count). The van der Waals surface area contributed by atoms with Crippen LogP contribution in [0.15, 0.2) is 40.6 Å². The summed E-state index contributed by atoms with van der Waals surface area (Å²) in [5.41, 5.74) is 3.04. The molecule has 0 radical (unpaired) electrons. The van der Waals surface area contributed by atoms with Gasteiger partial charge in [0, 0.05) is 0 Å². The van der Waals surface area contributed by atoms with Crippen molar-refractivity contribution in [3.8, 4) is 5.82 Å². The van der Waals surface area contributed by atoms with Crippen molar-refractivity contribution in [1.82, 2.24) is 34.9 Å². The third-order valence-electron chi connectivity index (χ3n) is 3.13. The van der Waals surface area contributed by atoms with Gasteiger partial charge in [-0.15, -0.1) is 5.10 Å². The first kappa shape index (κ1) is 10.2. The molecule has 0 saturated heterocycles. The van der Waals surface area contributed by atoms with E-state index in [4.69, 9.17) is 0 Å². The molecule has 94 valence electrons. The number of fused-ring (bicyclic) bond motifs is 3. The highest BCUT2D eigenvalue weighted by molar-refractivity contribution is 7.99. The van der Waals surface area contributed by atoms with Crippen molar-refractivity contribution >= 4 is 34.0 Å². The monoisotopic (exact) mass is 279 g/mol. The van der Waals surface area contributed by atoms with Crippen LogP contribution in [0.4, 0.5) is 0 Å². The molecule has 0 N–H and O–H groups in total. The van der Waals surface area contributed by atoms with Gasteiger partial charge in [-0.25, -0.2) is 19.9 Å². The van der Waals surface area contributed by atoms with Gasteiger partial charge in [0.25, 0.3) is 0 Å². The number of para-hydroxylation sites is 2. The summed E-state index contributed by atoms with van der Waals surface area (Å²) in [6, 6.07) is 7.75.